The van der Waals surface area contributed by atoms with E-state index in [9.17, 15) is 9.90 Å². The van der Waals surface area contributed by atoms with Gasteiger partial charge in [-0.2, -0.15) is 0 Å². The van der Waals surface area contributed by atoms with E-state index in [0.717, 1.165) is 32.1 Å². The maximum absolute atomic E-state index is 11.3. The van der Waals surface area contributed by atoms with Gasteiger partial charge in [-0.3, -0.25) is 4.79 Å². The molecule has 0 spiro atoms. The van der Waals surface area contributed by atoms with E-state index >= 15 is 0 Å². The standard InChI is InChI=1S/C11H16O2/c12-10(13)11-7-3-1-5-9(11)6-2-4-8-11/h1,3,9H,2,4-8H2,(H,12,13). The van der Waals surface area contributed by atoms with Gasteiger partial charge in [0.15, 0.2) is 0 Å². The lowest BCUT2D eigenvalue weighted by Crippen LogP contribution is -2.41. The molecule has 1 saturated carbocycles. The quantitative estimate of drug-likeness (QED) is 0.630. The van der Waals surface area contributed by atoms with E-state index in [4.69, 9.17) is 0 Å². The van der Waals surface area contributed by atoms with E-state index in [2.05, 4.69) is 12.2 Å². The number of allylic oxidation sites excluding steroid dienone is 2. The SMILES string of the molecule is O=C(O)C12CC=CCC1CCCC2. The van der Waals surface area contributed by atoms with E-state index in [1.807, 2.05) is 0 Å². The molecule has 0 aromatic carbocycles. The second-order valence-electron chi connectivity index (χ2n) is 4.32. The first kappa shape index (κ1) is 8.79. The molecule has 72 valence electrons. The third-order valence-electron chi connectivity index (χ3n) is 3.70. The van der Waals surface area contributed by atoms with Gasteiger partial charge in [0.2, 0.25) is 0 Å². The van der Waals surface area contributed by atoms with Crippen molar-refractivity contribution in [2.24, 2.45) is 11.3 Å². The van der Waals surface area contributed by atoms with Gasteiger partial charge in [-0.25, -0.2) is 0 Å². The van der Waals surface area contributed by atoms with E-state index < -0.39 is 11.4 Å². The number of carboxylic acids is 1. The number of aliphatic carboxylic acids is 1. The van der Waals surface area contributed by atoms with Crippen LogP contribution in [-0.2, 0) is 4.79 Å². The highest BCUT2D eigenvalue weighted by atomic mass is 16.4. The summed E-state index contributed by atoms with van der Waals surface area (Å²) in [6.45, 7) is 0. The summed E-state index contributed by atoms with van der Waals surface area (Å²) in [7, 11) is 0. The predicted octanol–water partition coefficient (Wildman–Crippen LogP) is 2.60. The molecule has 2 heteroatoms. The van der Waals surface area contributed by atoms with Crippen molar-refractivity contribution < 1.29 is 9.90 Å². The zero-order valence-electron chi connectivity index (χ0n) is 7.83. The van der Waals surface area contributed by atoms with Crippen LogP contribution < -0.4 is 0 Å². The Morgan fingerprint density at radius 2 is 2.23 bits per heavy atom. The first-order valence-electron chi connectivity index (χ1n) is 5.14. The number of hydrogen-bond donors (Lipinski definition) is 1. The predicted molar refractivity (Wildman–Crippen MR) is 50.4 cm³/mol. The fraction of sp³-hybridized carbons (Fsp3) is 0.727. The average molecular weight is 180 g/mol. The van der Waals surface area contributed by atoms with Gasteiger partial charge in [0, 0.05) is 0 Å². The van der Waals surface area contributed by atoms with Gasteiger partial charge in [0.25, 0.3) is 0 Å². The van der Waals surface area contributed by atoms with Crippen LogP contribution in [0.15, 0.2) is 12.2 Å². The fourth-order valence-electron chi connectivity index (χ4n) is 2.85. The first-order chi connectivity index (χ1) is 6.26. The lowest BCUT2D eigenvalue weighted by atomic mass is 9.61. The zero-order chi connectivity index (χ0) is 9.31. The fourth-order valence-corrected chi connectivity index (χ4v) is 2.85. The minimum atomic E-state index is -0.568. The molecule has 2 unspecified atom stereocenters. The Morgan fingerprint density at radius 1 is 1.38 bits per heavy atom. The first-order valence-corrected chi connectivity index (χ1v) is 5.14. The molecule has 2 atom stereocenters. The summed E-state index contributed by atoms with van der Waals surface area (Å²) in [6, 6.07) is 0. The van der Waals surface area contributed by atoms with Crippen molar-refractivity contribution in [3.8, 4) is 0 Å². The van der Waals surface area contributed by atoms with E-state index in [1.165, 1.54) is 6.42 Å². The Balaban J connectivity index is 2.27. The van der Waals surface area contributed by atoms with Crippen molar-refractivity contribution in [3.63, 3.8) is 0 Å². The maximum Gasteiger partial charge on any atom is 0.310 e. The molecule has 0 aromatic heterocycles. The van der Waals surface area contributed by atoms with Gasteiger partial charge >= 0.3 is 5.97 Å². The third-order valence-corrected chi connectivity index (χ3v) is 3.70. The van der Waals surface area contributed by atoms with Crippen molar-refractivity contribution in [2.75, 3.05) is 0 Å². The van der Waals surface area contributed by atoms with Gasteiger partial charge in [-0.1, -0.05) is 25.0 Å². The van der Waals surface area contributed by atoms with Gasteiger partial charge in [-0.15, -0.1) is 0 Å². The van der Waals surface area contributed by atoms with Gasteiger partial charge in [0.1, 0.15) is 0 Å². The Morgan fingerprint density at radius 3 is 2.92 bits per heavy atom. The number of fused-ring (bicyclic) bond motifs is 1. The normalized spacial score (nSPS) is 38.3. The molecule has 1 fully saturated rings. The van der Waals surface area contributed by atoms with Crippen LogP contribution in [0.25, 0.3) is 0 Å². The molecule has 0 amide bonds. The number of rotatable bonds is 1. The molecule has 0 bridgehead atoms. The molecule has 2 aliphatic rings. The number of hydrogen-bond acceptors (Lipinski definition) is 1. The summed E-state index contributed by atoms with van der Waals surface area (Å²) in [5, 5.41) is 9.29. The largest absolute Gasteiger partial charge is 0.481 e. The Labute approximate surface area is 78.6 Å². The smallest absolute Gasteiger partial charge is 0.310 e. The van der Waals surface area contributed by atoms with Crippen molar-refractivity contribution in [2.45, 2.75) is 38.5 Å². The monoisotopic (exact) mass is 180 g/mol. The molecular formula is C11H16O2. The summed E-state index contributed by atoms with van der Waals surface area (Å²) < 4.78 is 0. The van der Waals surface area contributed by atoms with Gasteiger partial charge in [-0.05, 0) is 31.6 Å². The van der Waals surface area contributed by atoms with Crippen molar-refractivity contribution in [1.29, 1.82) is 0 Å². The molecule has 13 heavy (non-hydrogen) atoms. The lowest BCUT2D eigenvalue weighted by molar-refractivity contribution is -0.155. The van der Waals surface area contributed by atoms with Crippen LogP contribution in [0.5, 0.6) is 0 Å². The Kier molecular flexibility index (Phi) is 2.14. The maximum atomic E-state index is 11.3. The van der Waals surface area contributed by atoms with Gasteiger partial charge < -0.3 is 5.11 Å². The summed E-state index contributed by atoms with van der Waals surface area (Å²) >= 11 is 0. The highest BCUT2D eigenvalue weighted by Gasteiger charge is 2.46. The third kappa shape index (κ3) is 1.28. The van der Waals surface area contributed by atoms with Crippen molar-refractivity contribution >= 4 is 5.97 Å². The summed E-state index contributed by atoms with van der Waals surface area (Å²) in [5.41, 5.74) is -0.396. The Hall–Kier alpha value is -0.790. The van der Waals surface area contributed by atoms with Crippen molar-refractivity contribution in [1.82, 2.24) is 0 Å². The molecular weight excluding hydrogens is 164 g/mol. The molecule has 2 rings (SSSR count). The van der Waals surface area contributed by atoms with Crippen LogP contribution in [0.1, 0.15) is 38.5 Å². The zero-order valence-corrected chi connectivity index (χ0v) is 7.83. The molecule has 0 aliphatic heterocycles. The molecule has 0 saturated heterocycles. The van der Waals surface area contributed by atoms with Crippen LogP contribution in [0.2, 0.25) is 0 Å². The molecule has 0 radical (unpaired) electrons. The van der Waals surface area contributed by atoms with Crippen molar-refractivity contribution in [3.05, 3.63) is 12.2 Å². The highest BCUT2D eigenvalue weighted by Crippen LogP contribution is 2.48. The minimum absolute atomic E-state index is 0.396. The van der Waals surface area contributed by atoms with Gasteiger partial charge in [0.05, 0.1) is 5.41 Å². The average Bonchev–Trinajstić information content (AvgIpc) is 2.17. The van der Waals surface area contributed by atoms with Crippen LogP contribution in [0.4, 0.5) is 0 Å². The number of carbonyl (C=O) groups is 1. The minimum Gasteiger partial charge on any atom is -0.481 e. The molecule has 2 nitrogen and oxygen atoms in total. The molecule has 0 aromatic rings. The molecule has 2 aliphatic carbocycles. The van der Waals surface area contributed by atoms with Crippen LogP contribution in [0.3, 0.4) is 0 Å². The van der Waals surface area contributed by atoms with Crippen LogP contribution >= 0.6 is 0 Å². The molecule has 0 heterocycles. The highest BCUT2D eigenvalue weighted by molar-refractivity contribution is 5.75. The van der Waals surface area contributed by atoms with E-state index in [1.54, 1.807) is 0 Å². The van der Waals surface area contributed by atoms with Crippen LogP contribution in [-0.4, -0.2) is 11.1 Å². The van der Waals surface area contributed by atoms with Crippen LogP contribution in [0, 0.1) is 11.3 Å². The second kappa shape index (κ2) is 3.17. The summed E-state index contributed by atoms with van der Waals surface area (Å²) in [5.74, 6) is -0.162. The Bertz CT molecular complexity index is 244. The number of carboxylic acid groups (broad SMARTS) is 1. The molecule has 1 N–H and O–H groups in total. The van der Waals surface area contributed by atoms with E-state index in [-0.39, 0.29) is 0 Å². The topological polar surface area (TPSA) is 37.3 Å². The summed E-state index contributed by atoms with van der Waals surface area (Å²) in [4.78, 5) is 11.3. The second-order valence-corrected chi connectivity index (χ2v) is 4.32. The lowest BCUT2D eigenvalue weighted by Gasteiger charge is -2.42. The van der Waals surface area contributed by atoms with E-state index in [0.29, 0.717) is 5.92 Å². The summed E-state index contributed by atoms with van der Waals surface area (Å²) in [6.07, 6.45) is 10.2.